The molecule has 2 aromatic rings. The molecule has 0 fully saturated rings. The Bertz CT molecular complexity index is 921. The highest BCUT2D eigenvalue weighted by Crippen LogP contribution is 2.23. The Morgan fingerprint density at radius 3 is 2.24 bits per heavy atom. The Labute approximate surface area is 179 Å². The quantitative estimate of drug-likeness (QED) is 0.543. The molecular weight excluding hydrogens is 415 g/mol. The van der Waals surface area contributed by atoms with Crippen LogP contribution in [-0.4, -0.2) is 23.4 Å². The topological polar surface area (TPSA) is 96.3 Å². The predicted molar refractivity (Wildman–Crippen MR) is 111 cm³/mol. The van der Waals surface area contributed by atoms with Gasteiger partial charge in [-0.1, -0.05) is 47.5 Å². The lowest BCUT2D eigenvalue weighted by molar-refractivity contribution is -0.158. The summed E-state index contributed by atoms with van der Waals surface area (Å²) in [6.07, 6.45) is 0. The molecule has 1 atom stereocenters. The molecule has 0 spiro atoms. The van der Waals surface area contributed by atoms with Crippen molar-refractivity contribution in [3.63, 3.8) is 0 Å². The molecule has 0 aromatic heterocycles. The summed E-state index contributed by atoms with van der Waals surface area (Å²) in [4.78, 5) is 36.2. The van der Waals surface area contributed by atoms with Crippen molar-refractivity contribution in [2.75, 3.05) is 0 Å². The Hall–Kier alpha value is -2.57. The third-order valence-corrected chi connectivity index (χ3v) is 4.41. The van der Waals surface area contributed by atoms with E-state index in [0.717, 1.165) is 5.56 Å². The van der Waals surface area contributed by atoms with E-state index in [1.54, 1.807) is 57.2 Å². The second kappa shape index (κ2) is 9.29. The maximum Gasteiger partial charge on any atom is 0.323 e. The molecule has 0 aliphatic heterocycles. The fourth-order valence-electron chi connectivity index (χ4n) is 2.53. The minimum absolute atomic E-state index is 0.202. The summed E-state index contributed by atoms with van der Waals surface area (Å²) in [6, 6.07) is 11.1. The minimum Gasteiger partial charge on any atom is -0.459 e. The average Bonchev–Trinajstić information content (AvgIpc) is 2.61. The number of carbonyl (C=O) groups is 3. The van der Waals surface area contributed by atoms with Gasteiger partial charge < -0.3 is 10.1 Å². The predicted octanol–water partition coefficient (Wildman–Crippen LogP) is 4.16. The van der Waals surface area contributed by atoms with Gasteiger partial charge in [0.15, 0.2) is 5.92 Å². The van der Waals surface area contributed by atoms with Crippen LogP contribution in [0.5, 0.6) is 0 Å². The second-order valence-corrected chi connectivity index (χ2v) is 8.22. The number of nitrogens with one attached hydrogen (secondary N) is 2. The van der Waals surface area contributed by atoms with Gasteiger partial charge in [-0.15, -0.1) is 0 Å². The molecular formula is C21H21Cl2N2O4. The van der Waals surface area contributed by atoms with Gasteiger partial charge in [0.1, 0.15) is 5.60 Å². The Balaban J connectivity index is 2.08. The van der Waals surface area contributed by atoms with Crippen LogP contribution < -0.4 is 11.1 Å². The smallest absolute Gasteiger partial charge is 0.323 e. The van der Waals surface area contributed by atoms with Gasteiger partial charge in [0, 0.05) is 11.6 Å². The summed E-state index contributed by atoms with van der Waals surface area (Å²) in [5, 5.41) is 3.42. The number of benzene rings is 2. The van der Waals surface area contributed by atoms with E-state index in [4.69, 9.17) is 33.7 Å². The third-order valence-electron chi connectivity index (χ3n) is 3.84. The van der Waals surface area contributed by atoms with Crippen molar-refractivity contribution in [2.45, 2.75) is 38.8 Å². The summed E-state index contributed by atoms with van der Waals surface area (Å²) in [5.41, 5.74) is 8.00. The van der Waals surface area contributed by atoms with E-state index in [0.29, 0.717) is 10.6 Å². The number of halogens is 2. The molecule has 1 radical (unpaired) electrons. The molecule has 0 aliphatic rings. The van der Waals surface area contributed by atoms with Crippen molar-refractivity contribution in [3.8, 4) is 0 Å². The number of hydrogen-bond donors (Lipinski definition) is 1. The third kappa shape index (κ3) is 6.48. The van der Waals surface area contributed by atoms with E-state index in [2.05, 4.69) is 5.32 Å². The zero-order chi connectivity index (χ0) is 21.8. The number of hydrogen-bond acceptors (Lipinski definition) is 4. The van der Waals surface area contributed by atoms with Crippen molar-refractivity contribution in [3.05, 3.63) is 69.2 Å². The van der Waals surface area contributed by atoms with Crippen molar-refractivity contribution in [1.82, 2.24) is 11.1 Å². The van der Waals surface area contributed by atoms with Crippen molar-refractivity contribution in [2.24, 2.45) is 0 Å². The number of amides is 2. The van der Waals surface area contributed by atoms with E-state index < -0.39 is 23.4 Å². The average molecular weight is 436 g/mol. The molecule has 8 heteroatoms. The molecule has 2 aromatic carbocycles. The van der Waals surface area contributed by atoms with Gasteiger partial charge in [0.05, 0.1) is 10.6 Å². The van der Waals surface area contributed by atoms with E-state index in [-0.39, 0.29) is 23.0 Å². The maximum absolute atomic E-state index is 12.3. The van der Waals surface area contributed by atoms with Crippen LogP contribution >= 0.6 is 23.2 Å². The van der Waals surface area contributed by atoms with E-state index in [1.165, 1.54) is 6.07 Å². The molecule has 29 heavy (non-hydrogen) atoms. The fourth-order valence-corrected chi connectivity index (χ4v) is 2.91. The first-order chi connectivity index (χ1) is 13.5. The van der Waals surface area contributed by atoms with Crippen LogP contribution in [0.3, 0.4) is 0 Å². The van der Waals surface area contributed by atoms with Gasteiger partial charge in [-0.25, -0.2) is 0 Å². The summed E-state index contributed by atoms with van der Waals surface area (Å²) in [5.74, 6) is -3.51. The Morgan fingerprint density at radius 1 is 1.07 bits per heavy atom. The lowest BCUT2D eigenvalue weighted by Gasteiger charge is -2.22. The monoisotopic (exact) mass is 435 g/mol. The highest BCUT2D eigenvalue weighted by Gasteiger charge is 2.31. The number of rotatable bonds is 6. The largest absolute Gasteiger partial charge is 0.459 e. The molecule has 0 heterocycles. The van der Waals surface area contributed by atoms with Gasteiger partial charge in [-0.2, -0.15) is 0 Å². The van der Waals surface area contributed by atoms with Gasteiger partial charge in [-0.3, -0.25) is 20.1 Å². The minimum atomic E-state index is -1.32. The van der Waals surface area contributed by atoms with E-state index in [1.807, 2.05) is 0 Å². The normalized spacial score (nSPS) is 12.2. The Morgan fingerprint density at radius 2 is 1.69 bits per heavy atom. The van der Waals surface area contributed by atoms with Crippen molar-refractivity contribution in [1.29, 1.82) is 0 Å². The summed E-state index contributed by atoms with van der Waals surface area (Å²) in [7, 11) is 0. The number of ether oxygens (including phenoxy) is 1. The number of carbonyl (C=O) groups excluding carboxylic acids is 3. The Kier molecular flexibility index (Phi) is 7.27. The molecule has 0 aliphatic carbocycles. The van der Waals surface area contributed by atoms with Gasteiger partial charge in [-0.05, 0) is 50.1 Å². The second-order valence-electron chi connectivity index (χ2n) is 7.38. The first-order valence-corrected chi connectivity index (χ1v) is 9.54. The van der Waals surface area contributed by atoms with Crippen LogP contribution in [0.1, 0.15) is 48.2 Å². The summed E-state index contributed by atoms with van der Waals surface area (Å²) < 4.78 is 5.23. The molecule has 0 bridgehead atoms. The van der Waals surface area contributed by atoms with Gasteiger partial charge in [0.2, 0.25) is 0 Å². The van der Waals surface area contributed by atoms with Crippen LogP contribution in [0.2, 0.25) is 10.0 Å². The zero-order valence-corrected chi connectivity index (χ0v) is 17.7. The molecule has 153 valence electrons. The van der Waals surface area contributed by atoms with Crippen LogP contribution in [0, 0.1) is 0 Å². The molecule has 6 nitrogen and oxygen atoms in total. The lowest BCUT2D eigenvalue weighted by atomic mass is 9.97. The van der Waals surface area contributed by atoms with Crippen molar-refractivity contribution < 1.29 is 19.1 Å². The fraction of sp³-hybridized carbons (Fsp3) is 0.286. The van der Waals surface area contributed by atoms with Crippen LogP contribution in [0.15, 0.2) is 42.5 Å². The van der Waals surface area contributed by atoms with Crippen LogP contribution in [-0.2, 0) is 20.9 Å². The molecule has 2 amide bonds. The van der Waals surface area contributed by atoms with Crippen LogP contribution in [0.25, 0.3) is 0 Å². The summed E-state index contributed by atoms with van der Waals surface area (Å²) in [6.45, 7) is 5.27. The standard InChI is InChI=1S/C21H21Cl2N2O4/c1-21(2,3)29-20(28)17(18(24)26)13-6-4-12(5-7-13)11-25-19(27)15-10-14(22)8-9-16(15)23/h4-10,17,24H,11H2,1-3H3,(H,25,27). The molecule has 2 rings (SSSR count). The van der Waals surface area contributed by atoms with Gasteiger partial charge in [0.25, 0.3) is 11.8 Å². The molecule has 0 saturated heterocycles. The maximum atomic E-state index is 12.3. The van der Waals surface area contributed by atoms with Gasteiger partial charge >= 0.3 is 5.97 Å². The molecule has 0 saturated carbocycles. The summed E-state index contributed by atoms with van der Waals surface area (Å²) >= 11 is 11.9. The zero-order valence-electron chi connectivity index (χ0n) is 16.2. The first kappa shape index (κ1) is 22.7. The highest BCUT2D eigenvalue weighted by molar-refractivity contribution is 6.35. The molecule has 2 N–H and O–H groups in total. The first-order valence-electron chi connectivity index (χ1n) is 8.78. The lowest BCUT2D eigenvalue weighted by Crippen LogP contribution is -2.31. The number of esters is 1. The highest BCUT2D eigenvalue weighted by atomic mass is 35.5. The van der Waals surface area contributed by atoms with E-state index >= 15 is 0 Å². The SMILES string of the molecule is CC(C)(C)OC(=O)C(C([NH])=O)c1ccc(CNC(=O)c2cc(Cl)ccc2Cl)cc1. The van der Waals surface area contributed by atoms with E-state index in [9.17, 15) is 14.4 Å². The van der Waals surface area contributed by atoms with Crippen molar-refractivity contribution >= 4 is 41.0 Å². The van der Waals surface area contributed by atoms with Crippen LogP contribution in [0.4, 0.5) is 0 Å². The molecule has 1 unspecified atom stereocenters.